The number of nitrogens with zero attached hydrogens (tertiary/aromatic N) is 2. The third-order valence-corrected chi connectivity index (χ3v) is 5.45. The van der Waals surface area contributed by atoms with Crippen molar-refractivity contribution in [3.8, 4) is 0 Å². The third-order valence-electron chi connectivity index (χ3n) is 4.59. The number of hydrogen-bond donors (Lipinski definition) is 2. The molecule has 0 unspecified atom stereocenters. The highest BCUT2D eigenvalue weighted by Crippen LogP contribution is 2.20. The summed E-state index contributed by atoms with van der Waals surface area (Å²) in [5.74, 6) is 1.73. The van der Waals surface area contributed by atoms with E-state index in [2.05, 4.69) is 46.9 Å². The highest BCUT2D eigenvalue weighted by molar-refractivity contribution is 7.09. The average Bonchev–Trinajstić information content (AvgIpc) is 3.11. The van der Waals surface area contributed by atoms with Gasteiger partial charge in [-0.2, -0.15) is 0 Å². The number of unbranched alkanes of at least 4 members (excludes halogenated alkanes) is 2. The summed E-state index contributed by atoms with van der Waals surface area (Å²) in [4.78, 5) is 8.88. The maximum atomic E-state index is 4.81. The van der Waals surface area contributed by atoms with Crippen LogP contribution in [0.4, 0.5) is 0 Å². The predicted molar refractivity (Wildman–Crippen MR) is 106 cm³/mol. The van der Waals surface area contributed by atoms with Crippen molar-refractivity contribution >= 4 is 17.3 Å². The Balaban J connectivity index is 1.68. The zero-order chi connectivity index (χ0) is 17.0. The summed E-state index contributed by atoms with van der Waals surface area (Å²) < 4.78 is 0. The first kappa shape index (κ1) is 19.3. The van der Waals surface area contributed by atoms with E-state index in [-0.39, 0.29) is 0 Å². The Morgan fingerprint density at radius 3 is 2.75 bits per heavy atom. The molecule has 0 amide bonds. The highest BCUT2D eigenvalue weighted by Gasteiger charge is 2.19. The van der Waals surface area contributed by atoms with Crippen LogP contribution >= 0.6 is 11.3 Å². The van der Waals surface area contributed by atoms with Gasteiger partial charge in [0.25, 0.3) is 0 Å². The van der Waals surface area contributed by atoms with Crippen molar-refractivity contribution in [2.24, 2.45) is 10.9 Å². The zero-order valence-corrected chi connectivity index (χ0v) is 16.2. The van der Waals surface area contributed by atoms with Crippen molar-refractivity contribution in [3.05, 3.63) is 22.4 Å². The van der Waals surface area contributed by atoms with Gasteiger partial charge in [-0.3, -0.25) is 9.89 Å². The van der Waals surface area contributed by atoms with Crippen LogP contribution in [-0.4, -0.2) is 43.6 Å². The zero-order valence-electron chi connectivity index (χ0n) is 15.4. The molecule has 0 radical (unpaired) electrons. The number of piperidine rings is 1. The van der Waals surface area contributed by atoms with E-state index in [4.69, 9.17) is 4.99 Å². The van der Waals surface area contributed by atoms with Crippen LogP contribution in [0.3, 0.4) is 0 Å². The van der Waals surface area contributed by atoms with Crippen LogP contribution in [0.5, 0.6) is 0 Å². The van der Waals surface area contributed by atoms with Crippen LogP contribution < -0.4 is 10.6 Å². The summed E-state index contributed by atoms with van der Waals surface area (Å²) >= 11 is 1.87. The summed E-state index contributed by atoms with van der Waals surface area (Å²) in [7, 11) is 0. The van der Waals surface area contributed by atoms with E-state index in [1.54, 1.807) is 0 Å². The Kier molecular flexibility index (Phi) is 9.21. The minimum Gasteiger partial charge on any atom is -0.357 e. The monoisotopic (exact) mass is 350 g/mol. The topological polar surface area (TPSA) is 39.7 Å². The fraction of sp³-hybridized carbons (Fsp3) is 0.737. The molecule has 1 fully saturated rings. The van der Waals surface area contributed by atoms with Gasteiger partial charge in [-0.05, 0) is 56.6 Å². The van der Waals surface area contributed by atoms with Gasteiger partial charge in [-0.15, -0.1) is 11.3 Å². The van der Waals surface area contributed by atoms with Gasteiger partial charge in [-0.25, -0.2) is 0 Å². The number of hydrogen-bond acceptors (Lipinski definition) is 3. The third kappa shape index (κ3) is 7.22. The maximum absolute atomic E-state index is 4.81. The number of nitrogens with one attached hydrogen (secondary N) is 2. The summed E-state index contributed by atoms with van der Waals surface area (Å²) in [6.45, 7) is 10.8. The van der Waals surface area contributed by atoms with Gasteiger partial charge in [0, 0.05) is 31.1 Å². The molecule has 2 heterocycles. The molecule has 0 atom stereocenters. The van der Waals surface area contributed by atoms with E-state index in [1.165, 1.54) is 50.1 Å². The average molecular weight is 351 g/mol. The molecule has 2 N–H and O–H groups in total. The molecule has 1 saturated heterocycles. The van der Waals surface area contributed by atoms with Crippen molar-refractivity contribution in [1.29, 1.82) is 0 Å². The molecule has 0 aromatic carbocycles. The molecule has 1 aromatic heterocycles. The van der Waals surface area contributed by atoms with Gasteiger partial charge in [-0.1, -0.05) is 25.8 Å². The highest BCUT2D eigenvalue weighted by atomic mass is 32.1. The first-order valence-electron chi connectivity index (χ1n) is 9.58. The quantitative estimate of drug-likeness (QED) is 0.405. The van der Waals surface area contributed by atoms with Crippen molar-refractivity contribution in [2.45, 2.75) is 52.5 Å². The van der Waals surface area contributed by atoms with Gasteiger partial charge in [0.05, 0.1) is 0 Å². The standard InChI is InChI=1S/C19H34N4S/c1-3-5-6-11-21-19(20-4-2)22-15-17-9-12-23(13-10-17)16-18-8-7-14-24-18/h7-8,14,17H,3-6,9-13,15-16H2,1-2H3,(H2,20,21,22). The second kappa shape index (κ2) is 11.5. The lowest BCUT2D eigenvalue weighted by Gasteiger charge is -2.31. The Hall–Kier alpha value is -1.07. The van der Waals surface area contributed by atoms with Gasteiger partial charge < -0.3 is 10.6 Å². The maximum Gasteiger partial charge on any atom is 0.191 e. The van der Waals surface area contributed by atoms with E-state index in [1.807, 2.05) is 11.3 Å². The molecule has 1 aliphatic rings. The van der Waals surface area contributed by atoms with E-state index in [0.717, 1.165) is 38.1 Å². The fourth-order valence-electron chi connectivity index (χ4n) is 3.09. The second-order valence-electron chi connectivity index (χ2n) is 6.65. The van der Waals surface area contributed by atoms with Crippen LogP contribution in [0, 0.1) is 5.92 Å². The molecule has 24 heavy (non-hydrogen) atoms. The summed E-state index contributed by atoms with van der Waals surface area (Å²) in [5, 5.41) is 9.00. The summed E-state index contributed by atoms with van der Waals surface area (Å²) in [6.07, 6.45) is 6.31. The lowest BCUT2D eigenvalue weighted by molar-refractivity contribution is 0.182. The molecule has 136 valence electrons. The molecular weight excluding hydrogens is 316 g/mol. The van der Waals surface area contributed by atoms with Crippen molar-refractivity contribution in [3.63, 3.8) is 0 Å². The van der Waals surface area contributed by atoms with Gasteiger partial charge >= 0.3 is 0 Å². The van der Waals surface area contributed by atoms with Crippen LogP contribution in [-0.2, 0) is 6.54 Å². The molecule has 0 spiro atoms. The molecule has 4 nitrogen and oxygen atoms in total. The van der Waals surface area contributed by atoms with Crippen LogP contribution in [0.15, 0.2) is 22.5 Å². The van der Waals surface area contributed by atoms with Crippen molar-refractivity contribution in [1.82, 2.24) is 15.5 Å². The normalized spacial score (nSPS) is 17.2. The molecule has 0 saturated carbocycles. The summed E-state index contributed by atoms with van der Waals surface area (Å²) in [5.41, 5.74) is 0. The minimum atomic E-state index is 0.732. The lowest BCUT2D eigenvalue weighted by atomic mass is 9.97. The number of likely N-dealkylation sites (tertiary alicyclic amines) is 1. The number of thiophene rings is 1. The smallest absolute Gasteiger partial charge is 0.191 e. The SMILES string of the molecule is CCCCCNC(=NCC1CCN(Cc2cccs2)CC1)NCC. The predicted octanol–water partition coefficient (Wildman–Crippen LogP) is 3.71. The van der Waals surface area contributed by atoms with Gasteiger partial charge in [0.15, 0.2) is 5.96 Å². The Morgan fingerprint density at radius 1 is 1.25 bits per heavy atom. The Bertz CT molecular complexity index is 450. The van der Waals surface area contributed by atoms with Crippen LogP contribution in [0.1, 0.15) is 50.8 Å². The van der Waals surface area contributed by atoms with Crippen LogP contribution in [0.25, 0.3) is 0 Å². The number of rotatable bonds is 9. The van der Waals surface area contributed by atoms with Gasteiger partial charge in [0.1, 0.15) is 0 Å². The molecule has 1 aliphatic heterocycles. The van der Waals surface area contributed by atoms with E-state index in [0.29, 0.717) is 0 Å². The molecule has 1 aromatic rings. The van der Waals surface area contributed by atoms with E-state index < -0.39 is 0 Å². The molecule has 5 heteroatoms. The second-order valence-corrected chi connectivity index (χ2v) is 7.68. The minimum absolute atomic E-state index is 0.732. The molecular formula is C19H34N4S. The molecule has 0 bridgehead atoms. The molecule has 2 rings (SSSR count). The Labute approximate surface area is 151 Å². The number of guanidine groups is 1. The number of aliphatic imine (C=N–C) groups is 1. The molecule has 0 aliphatic carbocycles. The van der Waals surface area contributed by atoms with E-state index >= 15 is 0 Å². The largest absolute Gasteiger partial charge is 0.357 e. The first-order valence-corrected chi connectivity index (χ1v) is 10.5. The lowest BCUT2D eigenvalue weighted by Crippen LogP contribution is -2.39. The Morgan fingerprint density at radius 2 is 2.08 bits per heavy atom. The fourth-order valence-corrected chi connectivity index (χ4v) is 3.84. The van der Waals surface area contributed by atoms with E-state index in [9.17, 15) is 0 Å². The van der Waals surface area contributed by atoms with Crippen molar-refractivity contribution < 1.29 is 0 Å². The van der Waals surface area contributed by atoms with Crippen LogP contribution in [0.2, 0.25) is 0 Å². The summed E-state index contributed by atoms with van der Waals surface area (Å²) in [6, 6.07) is 4.39. The van der Waals surface area contributed by atoms with Gasteiger partial charge in [0.2, 0.25) is 0 Å². The van der Waals surface area contributed by atoms with Crippen molar-refractivity contribution in [2.75, 3.05) is 32.7 Å². The first-order chi connectivity index (χ1) is 11.8.